The lowest BCUT2D eigenvalue weighted by molar-refractivity contribution is 0.100. The molecule has 0 saturated carbocycles. The van der Waals surface area contributed by atoms with Crippen LogP contribution in [-0.4, -0.2) is 34.7 Å². The molecule has 1 aromatic heterocycles. The number of ketones is 1. The molecule has 1 aliphatic heterocycles. The highest BCUT2D eigenvalue weighted by Gasteiger charge is 2.23. The molecule has 0 fully saturated rings. The minimum atomic E-state index is -0.694. The Morgan fingerprint density at radius 1 is 1.03 bits per heavy atom. The Balaban J connectivity index is 1.67. The van der Waals surface area contributed by atoms with Crippen LogP contribution in [0.25, 0.3) is 0 Å². The number of carbonyl (C=O) groups excluding carboxylic acids is 1. The molecule has 0 spiro atoms. The summed E-state index contributed by atoms with van der Waals surface area (Å²) in [5.41, 5.74) is 6.14. The monoisotopic (exact) mass is 436 g/mol. The minimum Gasteiger partial charge on any atom is -0.486 e. The fraction of sp³-hybridized carbons (Fsp3) is 0.261. The zero-order valence-electron chi connectivity index (χ0n) is 17.7. The van der Waals surface area contributed by atoms with Crippen molar-refractivity contribution >= 4 is 17.3 Å². The van der Waals surface area contributed by atoms with Gasteiger partial charge in [-0.25, -0.2) is 4.79 Å². The Labute approximate surface area is 184 Å². The first-order chi connectivity index (χ1) is 15.5. The first-order valence-corrected chi connectivity index (χ1v) is 10.3. The van der Waals surface area contributed by atoms with Crippen LogP contribution in [0.15, 0.2) is 58.1 Å². The van der Waals surface area contributed by atoms with E-state index in [1.54, 1.807) is 25.1 Å². The third kappa shape index (κ3) is 3.96. The third-order valence-corrected chi connectivity index (χ3v) is 5.25. The lowest BCUT2D eigenvalue weighted by Gasteiger charge is -2.21. The highest BCUT2D eigenvalue weighted by atomic mass is 16.6. The van der Waals surface area contributed by atoms with Crippen molar-refractivity contribution in [3.63, 3.8) is 0 Å². The number of para-hydroxylation sites is 1. The molecule has 0 aliphatic carbocycles. The lowest BCUT2D eigenvalue weighted by atomic mass is 10.1. The van der Waals surface area contributed by atoms with Crippen LogP contribution in [0.2, 0.25) is 0 Å². The molecular weight excluding hydrogens is 412 g/mol. The van der Waals surface area contributed by atoms with Crippen molar-refractivity contribution in [1.82, 2.24) is 9.13 Å². The fourth-order valence-corrected chi connectivity index (χ4v) is 3.65. The maximum absolute atomic E-state index is 13.1. The number of nitrogens with two attached hydrogens (primary N) is 1. The van der Waals surface area contributed by atoms with Crippen LogP contribution >= 0.6 is 0 Å². The molecule has 166 valence electrons. The number of carbonyl (C=O) groups is 1. The van der Waals surface area contributed by atoms with E-state index in [4.69, 9.17) is 15.2 Å². The van der Waals surface area contributed by atoms with E-state index in [0.717, 1.165) is 10.1 Å². The molecule has 9 heteroatoms. The smallest absolute Gasteiger partial charge is 0.332 e. The first kappa shape index (κ1) is 21.2. The number of hydrogen-bond acceptors (Lipinski definition) is 7. The normalized spacial score (nSPS) is 12.4. The molecule has 3 N–H and O–H groups in total. The summed E-state index contributed by atoms with van der Waals surface area (Å²) in [5.74, 6) is 0.429. The van der Waals surface area contributed by atoms with E-state index in [1.165, 1.54) is 4.57 Å². The number of ether oxygens (including phenoxy) is 2. The molecule has 4 rings (SSSR count). The first-order valence-electron chi connectivity index (χ1n) is 10.3. The van der Waals surface area contributed by atoms with Gasteiger partial charge >= 0.3 is 5.69 Å². The van der Waals surface area contributed by atoms with Gasteiger partial charge in [0.25, 0.3) is 5.56 Å². The SMILES string of the molecule is CCn1c(=O)c(C(=O)CNc2cccc3c2OCCO3)c(N)n(Cc2ccccc2)c1=O. The second-order valence-corrected chi connectivity index (χ2v) is 7.27. The van der Waals surface area contributed by atoms with Crippen molar-refractivity contribution in [2.45, 2.75) is 20.0 Å². The second kappa shape index (κ2) is 9.01. The van der Waals surface area contributed by atoms with Crippen LogP contribution in [0, 0.1) is 0 Å². The number of nitrogens with one attached hydrogen (secondary N) is 1. The van der Waals surface area contributed by atoms with Gasteiger partial charge in [0.1, 0.15) is 24.6 Å². The molecule has 0 bridgehead atoms. The average molecular weight is 436 g/mol. The molecule has 2 heterocycles. The summed E-state index contributed by atoms with van der Waals surface area (Å²) in [6.45, 7) is 2.59. The van der Waals surface area contributed by atoms with E-state index in [1.807, 2.05) is 30.3 Å². The van der Waals surface area contributed by atoms with Crippen molar-refractivity contribution < 1.29 is 14.3 Å². The van der Waals surface area contributed by atoms with Gasteiger partial charge in [0.2, 0.25) is 0 Å². The number of benzene rings is 2. The van der Waals surface area contributed by atoms with Crippen molar-refractivity contribution in [3.05, 3.63) is 80.5 Å². The molecule has 0 amide bonds. The van der Waals surface area contributed by atoms with Crippen LogP contribution in [0.4, 0.5) is 11.5 Å². The van der Waals surface area contributed by atoms with Crippen molar-refractivity contribution in [2.75, 3.05) is 30.8 Å². The third-order valence-electron chi connectivity index (χ3n) is 5.25. The predicted octanol–water partition coefficient (Wildman–Crippen LogP) is 1.73. The molecule has 3 aromatic rings. The maximum atomic E-state index is 13.1. The summed E-state index contributed by atoms with van der Waals surface area (Å²) in [6, 6.07) is 14.5. The van der Waals surface area contributed by atoms with Gasteiger partial charge in [-0.05, 0) is 24.6 Å². The number of aromatic nitrogens is 2. The highest BCUT2D eigenvalue weighted by molar-refractivity contribution is 6.02. The Hall–Kier alpha value is -4.01. The van der Waals surface area contributed by atoms with Gasteiger partial charge in [-0.3, -0.25) is 18.7 Å². The quantitative estimate of drug-likeness (QED) is 0.542. The number of anilines is 2. The van der Waals surface area contributed by atoms with Crippen molar-refractivity contribution in [1.29, 1.82) is 0 Å². The number of hydrogen-bond donors (Lipinski definition) is 2. The Kier molecular flexibility index (Phi) is 5.98. The van der Waals surface area contributed by atoms with Gasteiger partial charge in [0, 0.05) is 6.54 Å². The van der Waals surface area contributed by atoms with Crippen LogP contribution in [0.5, 0.6) is 11.5 Å². The summed E-state index contributed by atoms with van der Waals surface area (Å²) >= 11 is 0. The van der Waals surface area contributed by atoms with Gasteiger partial charge in [0.15, 0.2) is 17.3 Å². The van der Waals surface area contributed by atoms with Gasteiger partial charge in [0.05, 0.1) is 18.8 Å². The lowest BCUT2D eigenvalue weighted by Crippen LogP contribution is -2.44. The zero-order valence-corrected chi connectivity index (χ0v) is 17.7. The van der Waals surface area contributed by atoms with Gasteiger partial charge < -0.3 is 20.5 Å². The van der Waals surface area contributed by atoms with Crippen molar-refractivity contribution in [2.24, 2.45) is 0 Å². The van der Waals surface area contributed by atoms with Crippen LogP contribution in [0.3, 0.4) is 0 Å². The second-order valence-electron chi connectivity index (χ2n) is 7.27. The van der Waals surface area contributed by atoms with E-state index in [0.29, 0.717) is 30.4 Å². The van der Waals surface area contributed by atoms with E-state index in [9.17, 15) is 14.4 Å². The van der Waals surface area contributed by atoms with E-state index in [2.05, 4.69) is 5.32 Å². The summed E-state index contributed by atoms with van der Waals surface area (Å²) in [4.78, 5) is 38.8. The highest BCUT2D eigenvalue weighted by Crippen LogP contribution is 2.37. The van der Waals surface area contributed by atoms with Crippen LogP contribution in [-0.2, 0) is 13.1 Å². The van der Waals surface area contributed by atoms with Gasteiger partial charge in [-0.1, -0.05) is 36.4 Å². The summed E-state index contributed by atoms with van der Waals surface area (Å²) < 4.78 is 13.5. The zero-order chi connectivity index (χ0) is 22.7. The molecule has 9 nitrogen and oxygen atoms in total. The molecule has 0 unspecified atom stereocenters. The predicted molar refractivity (Wildman–Crippen MR) is 121 cm³/mol. The van der Waals surface area contributed by atoms with Crippen molar-refractivity contribution in [3.8, 4) is 11.5 Å². The fourth-order valence-electron chi connectivity index (χ4n) is 3.65. The average Bonchev–Trinajstić information content (AvgIpc) is 2.81. The number of rotatable bonds is 7. The number of fused-ring (bicyclic) bond motifs is 1. The molecule has 32 heavy (non-hydrogen) atoms. The standard InChI is InChI=1S/C23H24N4O5/c1-2-26-22(29)19(21(24)27(23(26)30)14-15-7-4-3-5-8-15)17(28)13-25-16-9-6-10-18-20(16)32-12-11-31-18/h3-10,25H,2,11-14,24H2,1H3. The molecule has 0 saturated heterocycles. The minimum absolute atomic E-state index is 0.123. The number of nitrogens with zero attached hydrogens (tertiary/aromatic N) is 2. The summed E-state index contributed by atoms with van der Waals surface area (Å²) in [6.07, 6.45) is 0. The summed E-state index contributed by atoms with van der Waals surface area (Å²) in [5, 5.41) is 3.00. The summed E-state index contributed by atoms with van der Waals surface area (Å²) in [7, 11) is 0. The number of nitrogen functional groups attached to an aromatic ring is 1. The van der Waals surface area contributed by atoms with Gasteiger partial charge in [-0.2, -0.15) is 0 Å². The maximum Gasteiger partial charge on any atom is 0.332 e. The molecule has 1 aliphatic rings. The largest absolute Gasteiger partial charge is 0.486 e. The number of Topliss-reactive ketones (excluding diaryl/α,β-unsaturated/α-hetero) is 1. The van der Waals surface area contributed by atoms with Crippen LogP contribution in [0.1, 0.15) is 22.8 Å². The molecule has 0 radical (unpaired) electrons. The Morgan fingerprint density at radius 3 is 2.53 bits per heavy atom. The topological polar surface area (TPSA) is 118 Å². The molecule has 2 aromatic carbocycles. The molecular formula is C23H24N4O5. The Morgan fingerprint density at radius 2 is 1.78 bits per heavy atom. The van der Waals surface area contributed by atoms with Gasteiger partial charge in [-0.15, -0.1) is 0 Å². The van der Waals surface area contributed by atoms with E-state index >= 15 is 0 Å². The molecule has 0 atom stereocenters. The van der Waals surface area contributed by atoms with E-state index in [-0.39, 0.29) is 31.0 Å². The Bertz CT molecular complexity index is 1260. The van der Waals surface area contributed by atoms with E-state index < -0.39 is 17.0 Å². The van der Waals surface area contributed by atoms with Crippen LogP contribution < -0.4 is 31.8 Å².